The lowest BCUT2D eigenvalue weighted by Crippen LogP contribution is -2.34. The second-order valence-corrected chi connectivity index (χ2v) is 6.88. The molecule has 0 aromatic heterocycles. The number of carbonyl (C=O) groups is 1. The van der Waals surface area contributed by atoms with E-state index in [1.807, 2.05) is 6.07 Å². The van der Waals surface area contributed by atoms with Crippen LogP contribution in [0.4, 0.5) is 11.4 Å². The second kappa shape index (κ2) is 5.86. The van der Waals surface area contributed by atoms with Crippen LogP contribution in [-0.4, -0.2) is 20.4 Å². The van der Waals surface area contributed by atoms with E-state index in [9.17, 15) is 13.2 Å². The minimum Gasteiger partial charge on any atom is -0.479 e. The third-order valence-electron chi connectivity index (χ3n) is 3.46. The molecule has 2 aromatic rings. The Morgan fingerprint density at radius 3 is 2.58 bits per heavy atom. The molecule has 1 aliphatic heterocycles. The molecule has 1 amide bonds. The van der Waals surface area contributed by atoms with Crippen molar-refractivity contribution in [3.63, 3.8) is 0 Å². The lowest BCUT2D eigenvalue weighted by Gasteiger charge is -2.23. The van der Waals surface area contributed by atoms with Crippen molar-refractivity contribution in [1.29, 1.82) is 5.26 Å². The third kappa shape index (κ3) is 3.02. The van der Waals surface area contributed by atoms with Crippen LogP contribution in [0.25, 0.3) is 0 Å². The van der Waals surface area contributed by atoms with Gasteiger partial charge in [0.05, 0.1) is 22.2 Å². The molecule has 1 atom stereocenters. The van der Waals surface area contributed by atoms with Crippen LogP contribution >= 0.6 is 0 Å². The number of hydrogen-bond acceptors (Lipinski definition) is 5. The molecule has 0 aliphatic carbocycles. The van der Waals surface area contributed by atoms with Gasteiger partial charge in [-0.2, -0.15) is 5.26 Å². The Balaban J connectivity index is 1.88. The number of sulfonamides is 1. The molecule has 1 aliphatic rings. The number of rotatable bonds is 3. The van der Waals surface area contributed by atoms with E-state index in [0.29, 0.717) is 22.7 Å². The molecular weight excluding hydrogens is 330 g/mol. The van der Waals surface area contributed by atoms with Crippen LogP contribution in [0.15, 0.2) is 47.4 Å². The lowest BCUT2D eigenvalue weighted by atomic mass is 10.2. The molecule has 0 bridgehead atoms. The lowest BCUT2D eigenvalue weighted by molar-refractivity contribution is -0.122. The standard InChI is InChI=1S/C16H13N3O4S/c1-10-16(20)18-14-8-13(6-7-15(14)23-10)24(21,22)19-12-4-2-11(9-17)3-5-12/h2-8,10,19H,1H3,(H,18,20). The Morgan fingerprint density at radius 1 is 1.21 bits per heavy atom. The molecule has 8 heteroatoms. The molecule has 7 nitrogen and oxygen atoms in total. The molecule has 0 saturated heterocycles. The highest BCUT2D eigenvalue weighted by atomic mass is 32.2. The van der Waals surface area contributed by atoms with Crippen LogP contribution in [0.2, 0.25) is 0 Å². The fourth-order valence-electron chi connectivity index (χ4n) is 2.18. The first kappa shape index (κ1) is 15.8. The Kier molecular flexibility index (Phi) is 3.87. The van der Waals surface area contributed by atoms with E-state index < -0.39 is 16.1 Å². The summed E-state index contributed by atoms with van der Waals surface area (Å²) in [7, 11) is -3.84. The van der Waals surface area contributed by atoms with Crippen molar-refractivity contribution in [1.82, 2.24) is 0 Å². The highest BCUT2D eigenvalue weighted by Crippen LogP contribution is 2.32. The summed E-state index contributed by atoms with van der Waals surface area (Å²) in [5.74, 6) is 0.0801. The average Bonchev–Trinajstić information content (AvgIpc) is 2.56. The maximum absolute atomic E-state index is 12.5. The van der Waals surface area contributed by atoms with Gasteiger partial charge >= 0.3 is 0 Å². The smallest absolute Gasteiger partial charge is 0.265 e. The van der Waals surface area contributed by atoms with Crippen LogP contribution in [0.1, 0.15) is 12.5 Å². The van der Waals surface area contributed by atoms with Gasteiger partial charge in [0.15, 0.2) is 6.10 Å². The van der Waals surface area contributed by atoms with Crippen LogP contribution < -0.4 is 14.8 Å². The number of nitrogens with zero attached hydrogens (tertiary/aromatic N) is 1. The molecular formula is C16H13N3O4S. The molecule has 1 heterocycles. The van der Waals surface area contributed by atoms with E-state index >= 15 is 0 Å². The number of amides is 1. The fraction of sp³-hybridized carbons (Fsp3) is 0.125. The topological polar surface area (TPSA) is 108 Å². The quantitative estimate of drug-likeness (QED) is 0.887. The molecule has 122 valence electrons. The van der Waals surface area contributed by atoms with Crippen molar-refractivity contribution in [2.24, 2.45) is 0 Å². The largest absolute Gasteiger partial charge is 0.479 e. The van der Waals surface area contributed by atoms with E-state index in [4.69, 9.17) is 10.00 Å². The number of hydrogen-bond donors (Lipinski definition) is 2. The van der Waals surface area contributed by atoms with Crippen molar-refractivity contribution < 1.29 is 17.9 Å². The van der Waals surface area contributed by atoms with Crippen LogP contribution in [0.3, 0.4) is 0 Å². The Labute approximate surface area is 138 Å². The number of ether oxygens (including phenoxy) is 1. The molecule has 0 spiro atoms. The molecule has 0 fully saturated rings. The number of carbonyl (C=O) groups excluding carboxylic acids is 1. The van der Waals surface area contributed by atoms with E-state index in [-0.39, 0.29) is 10.8 Å². The summed E-state index contributed by atoms with van der Waals surface area (Å²) in [4.78, 5) is 11.6. The number of nitrogens with one attached hydrogen (secondary N) is 2. The van der Waals surface area contributed by atoms with Gasteiger partial charge < -0.3 is 10.1 Å². The monoisotopic (exact) mass is 343 g/mol. The fourth-order valence-corrected chi connectivity index (χ4v) is 3.27. The van der Waals surface area contributed by atoms with Crippen molar-refractivity contribution in [2.75, 3.05) is 10.0 Å². The number of nitriles is 1. The number of anilines is 2. The first-order valence-electron chi connectivity index (χ1n) is 7.03. The minimum absolute atomic E-state index is 0.0101. The second-order valence-electron chi connectivity index (χ2n) is 5.20. The van der Waals surface area contributed by atoms with Crippen molar-refractivity contribution >= 4 is 27.3 Å². The summed E-state index contributed by atoms with van der Waals surface area (Å²) in [6, 6.07) is 12.2. The summed E-state index contributed by atoms with van der Waals surface area (Å²) >= 11 is 0. The molecule has 0 saturated carbocycles. The summed E-state index contributed by atoms with van der Waals surface area (Å²) in [5, 5.41) is 11.4. The van der Waals surface area contributed by atoms with Gasteiger partial charge in [0.2, 0.25) is 0 Å². The van der Waals surface area contributed by atoms with Gasteiger partial charge in [-0.1, -0.05) is 0 Å². The van der Waals surface area contributed by atoms with Crippen LogP contribution in [0.5, 0.6) is 5.75 Å². The summed E-state index contributed by atoms with van der Waals surface area (Å²) in [5.41, 5.74) is 1.07. The maximum atomic E-state index is 12.5. The molecule has 2 aromatic carbocycles. The average molecular weight is 343 g/mol. The molecule has 1 unspecified atom stereocenters. The van der Waals surface area contributed by atoms with Crippen LogP contribution in [-0.2, 0) is 14.8 Å². The van der Waals surface area contributed by atoms with Gasteiger partial charge in [0.25, 0.3) is 15.9 Å². The molecule has 0 radical (unpaired) electrons. The zero-order valence-electron chi connectivity index (χ0n) is 12.6. The predicted molar refractivity (Wildman–Crippen MR) is 87.1 cm³/mol. The van der Waals surface area contributed by atoms with Gasteiger partial charge in [-0.05, 0) is 49.4 Å². The van der Waals surface area contributed by atoms with Crippen molar-refractivity contribution in [3.8, 4) is 11.8 Å². The number of fused-ring (bicyclic) bond motifs is 1. The summed E-state index contributed by atoms with van der Waals surface area (Å²) in [6.45, 7) is 1.61. The summed E-state index contributed by atoms with van der Waals surface area (Å²) < 4.78 is 32.7. The Bertz CT molecular complexity index is 946. The minimum atomic E-state index is -3.84. The van der Waals surface area contributed by atoms with E-state index in [1.54, 1.807) is 6.92 Å². The van der Waals surface area contributed by atoms with E-state index in [0.717, 1.165) is 0 Å². The highest BCUT2D eigenvalue weighted by molar-refractivity contribution is 7.92. The van der Waals surface area contributed by atoms with E-state index in [2.05, 4.69) is 10.0 Å². The first-order chi connectivity index (χ1) is 11.4. The molecule has 24 heavy (non-hydrogen) atoms. The Hall–Kier alpha value is -3.05. The molecule has 2 N–H and O–H groups in total. The van der Waals surface area contributed by atoms with Crippen molar-refractivity contribution in [3.05, 3.63) is 48.0 Å². The van der Waals surface area contributed by atoms with Crippen molar-refractivity contribution in [2.45, 2.75) is 17.9 Å². The molecule has 3 rings (SSSR count). The van der Waals surface area contributed by atoms with Gasteiger partial charge in [0.1, 0.15) is 5.75 Å². The first-order valence-corrected chi connectivity index (χ1v) is 8.52. The Morgan fingerprint density at radius 2 is 1.92 bits per heavy atom. The highest BCUT2D eigenvalue weighted by Gasteiger charge is 2.25. The number of benzene rings is 2. The van der Waals surface area contributed by atoms with Gasteiger partial charge in [-0.25, -0.2) is 8.42 Å². The zero-order valence-corrected chi connectivity index (χ0v) is 13.4. The van der Waals surface area contributed by atoms with E-state index in [1.165, 1.54) is 42.5 Å². The SMILES string of the molecule is CC1Oc2ccc(S(=O)(=O)Nc3ccc(C#N)cc3)cc2NC1=O. The predicted octanol–water partition coefficient (Wildman–Crippen LogP) is 2.08. The van der Waals surface area contributed by atoms with Gasteiger partial charge in [-0.15, -0.1) is 0 Å². The summed E-state index contributed by atoms with van der Waals surface area (Å²) in [6.07, 6.45) is -0.628. The zero-order chi connectivity index (χ0) is 17.3. The normalized spacial score (nSPS) is 16.3. The van der Waals surface area contributed by atoms with Gasteiger partial charge in [-0.3, -0.25) is 9.52 Å². The third-order valence-corrected chi connectivity index (χ3v) is 4.84. The van der Waals surface area contributed by atoms with Gasteiger partial charge in [0, 0.05) is 5.69 Å². The maximum Gasteiger partial charge on any atom is 0.265 e. The van der Waals surface area contributed by atoms with Crippen LogP contribution in [0, 0.1) is 11.3 Å².